The molecule has 2 fully saturated rings. The summed E-state index contributed by atoms with van der Waals surface area (Å²) in [7, 11) is 0. The largest absolute Gasteiger partial charge is 0.494 e. The van der Waals surface area contributed by atoms with Gasteiger partial charge in [0, 0.05) is 30.1 Å². The number of aromatic nitrogens is 1. The lowest BCUT2D eigenvalue weighted by Crippen LogP contribution is -2.37. The maximum atomic E-state index is 12.7. The molecule has 0 N–H and O–H groups in total. The van der Waals surface area contributed by atoms with E-state index in [2.05, 4.69) is 9.88 Å². The molecule has 2 saturated heterocycles. The Morgan fingerprint density at radius 2 is 2.00 bits per heavy atom. The van der Waals surface area contributed by atoms with Gasteiger partial charge < -0.3 is 9.64 Å². The number of hydrogen-bond donors (Lipinski definition) is 0. The SMILES string of the molecule is CCOc1ccc(-c2nc(CC(=O)N3CC[C@@H](N4CCCC4)C3)cs2)cc1. The number of carbonyl (C=O) groups excluding carboxylic acids is 1. The highest BCUT2D eigenvalue weighted by atomic mass is 32.1. The Hall–Kier alpha value is -1.92. The van der Waals surface area contributed by atoms with E-state index in [1.165, 1.54) is 25.9 Å². The highest BCUT2D eigenvalue weighted by Crippen LogP contribution is 2.27. The minimum atomic E-state index is 0.209. The van der Waals surface area contributed by atoms with Crippen molar-refractivity contribution < 1.29 is 9.53 Å². The number of hydrogen-bond acceptors (Lipinski definition) is 5. The summed E-state index contributed by atoms with van der Waals surface area (Å²) in [6, 6.07) is 8.54. The fraction of sp³-hybridized carbons (Fsp3) is 0.524. The Kier molecular flexibility index (Phi) is 5.74. The predicted octanol–water partition coefficient (Wildman–Crippen LogP) is 3.45. The number of amides is 1. The standard InChI is InChI=1S/C21H27N3O2S/c1-2-26-19-7-5-16(6-8-19)21-22-17(15-27-21)13-20(25)24-12-9-18(14-24)23-10-3-4-11-23/h5-8,15,18H,2-4,9-14H2,1H3/t18-/m1/s1. The molecule has 1 atom stereocenters. The van der Waals surface area contributed by atoms with E-state index in [0.29, 0.717) is 19.1 Å². The first-order chi connectivity index (χ1) is 13.2. The van der Waals surface area contributed by atoms with Crippen molar-refractivity contribution in [2.24, 2.45) is 0 Å². The van der Waals surface area contributed by atoms with Crippen LogP contribution in [0.5, 0.6) is 5.75 Å². The number of carbonyl (C=O) groups is 1. The van der Waals surface area contributed by atoms with Crippen LogP contribution in [0.3, 0.4) is 0 Å². The van der Waals surface area contributed by atoms with E-state index in [1.54, 1.807) is 11.3 Å². The van der Waals surface area contributed by atoms with Crippen LogP contribution in [0.1, 0.15) is 31.9 Å². The van der Waals surface area contributed by atoms with Gasteiger partial charge in [-0.1, -0.05) is 0 Å². The van der Waals surface area contributed by atoms with Gasteiger partial charge in [-0.25, -0.2) is 4.98 Å². The Balaban J connectivity index is 1.34. The maximum Gasteiger partial charge on any atom is 0.228 e. The molecule has 27 heavy (non-hydrogen) atoms. The van der Waals surface area contributed by atoms with E-state index in [1.807, 2.05) is 41.5 Å². The summed E-state index contributed by atoms with van der Waals surface area (Å²) in [4.78, 5) is 22.0. The third-order valence-electron chi connectivity index (χ3n) is 5.47. The molecule has 0 bridgehead atoms. The number of ether oxygens (including phenoxy) is 1. The summed E-state index contributed by atoms with van der Waals surface area (Å²) in [5.41, 5.74) is 1.94. The molecule has 1 amide bonds. The molecule has 2 aliphatic heterocycles. The Bertz CT molecular complexity index is 768. The molecule has 144 valence electrons. The molecule has 4 rings (SSSR count). The van der Waals surface area contributed by atoms with Crippen molar-refractivity contribution in [3.63, 3.8) is 0 Å². The van der Waals surface area contributed by atoms with Crippen molar-refractivity contribution in [2.45, 2.75) is 38.6 Å². The summed E-state index contributed by atoms with van der Waals surface area (Å²) in [5.74, 6) is 1.08. The molecule has 1 aromatic carbocycles. The fourth-order valence-corrected chi connectivity index (χ4v) is 4.85. The second-order valence-electron chi connectivity index (χ2n) is 7.30. The lowest BCUT2D eigenvalue weighted by molar-refractivity contribution is -0.129. The number of rotatable bonds is 6. The van der Waals surface area contributed by atoms with Gasteiger partial charge in [-0.2, -0.15) is 0 Å². The van der Waals surface area contributed by atoms with E-state index in [-0.39, 0.29) is 5.91 Å². The van der Waals surface area contributed by atoms with Crippen LogP contribution in [0.15, 0.2) is 29.6 Å². The van der Waals surface area contributed by atoms with Crippen LogP contribution in [0.2, 0.25) is 0 Å². The second kappa shape index (κ2) is 8.40. The number of likely N-dealkylation sites (tertiary alicyclic amines) is 2. The van der Waals surface area contributed by atoms with E-state index in [4.69, 9.17) is 4.74 Å². The first kappa shape index (κ1) is 18.4. The van der Waals surface area contributed by atoms with Gasteiger partial charge in [0.15, 0.2) is 0 Å². The number of benzene rings is 1. The van der Waals surface area contributed by atoms with Crippen LogP contribution in [-0.4, -0.2) is 59.5 Å². The monoisotopic (exact) mass is 385 g/mol. The average Bonchev–Trinajstić information content (AvgIpc) is 3.43. The van der Waals surface area contributed by atoms with Crippen molar-refractivity contribution in [1.82, 2.24) is 14.8 Å². The Morgan fingerprint density at radius 1 is 1.22 bits per heavy atom. The molecule has 1 aromatic heterocycles. The molecule has 2 aliphatic rings. The molecule has 0 saturated carbocycles. The van der Waals surface area contributed by atoms with Gasteiger partial charge in [0.1, 0.15) is 10.8 Å². The quantitative estimate of drug-likeness (QED) is 0.764. The summed E-state index contributed by atoms with van der Waals surface area (Å²) < 4.78 is 5.49. The maximum absolute atomic E-state index is 12.7. The summed E-state index contributed by atoms with van der Waals surface area (Å²) in [6.07, 6.45) is 4.12. The molecular formula is C21H27N3O2S. The van der Waals surface area contributed by atoms with Gasteiger partial charge in [-0.3, -0.25) is 9.69 Å². The highest BCUT2D eigenvalue weighted by Gasteiger charge is 2.31. The van der Waals surface area contributed by atoms with Crippen molar-refractivity contribution in [1.29, 1.82) is 0 Å². The van der Waals surface area contributed by atoms with Crippen molar-refractivity contribution in [3.8, 4) is 16.3 Å². The van der Waals surface area contributed by atoms with Gasteiger partial charge in [0.2, 0.25) is 5.91 Å². The third-order valence-corrected chi connectivity index (χ3v) is 6.41. The van der Waals surface area contributed by atoms with E-state index >= 15 is 0 Å². The van der Waals surface area contributed by atoms with Crippen LogP contribution < -0.4 is 4.74 Å². The number of nitrogens with zero attached hydrogens (tertiary/aromatic N) is 3. The van der Waals surface area contributed by atoms with Crippen LogP contribution in [0.4, 0.5) is 0 Å². The Morgan fingerprint density at radius 3 is 2.74 bits per heavy atom. The first-order valence-electron chi connectivity index (χ1n) is 9.92. The van der Waals surface area contributed by atoms with Crippen LogP contribution in [0, 0.1) is 0 Å². The molecule has 0 aliphatic carbocycles. The smallest absolute Gasteiger partial charge is 0.228 e. The van der Waals surface area contributed by atoms with E-state index in [9.17, 15) is 4.79 Å². The molecule has 0 spiro atoms. The fourth-order valence-electron chi connectivity index (χ4n) is 4.02. The van der Waals surface area contributed by atoms with Crippen LogP contribution >= 0.6 is 11.3 Å². The van der Waals surface area contributed by atoms with Gasteiger partial charge in [-0.05, 0) is 63.5 Å². The molecule has 2 aromatic rings. The molecule has 6 heteroatoms. The summed E-state index contributed by atoms with van der Waals surface area (Å²) >= 11 is 1.60. The van der Waals surface area contributed by atoms with E-state index in [0.717, 1.165) is 41.5 Å². The van der Waals surface area contributed by atoms with Gasteiger partial charge in [0.25, 0.3) is 0 Å². The molecule has 0 unspecified atom stereocenters. The Labute approximate surface area is 165 Å². The average molecular weight is 386 g/mol. The number of thiazole rings is 1. The zero-order valence-corrected chi connectivity index (χ0v) is 16.7. The zero-order chi connectivity index (χ0) is 18.6. The topological polar surface area (TPSA) is 45.7 Å². The van der Waals surface area contributed by atoms with Crippen LogP contribution in [-0.2, 0) is 11.2 Å². The highest BCUT2D eigenvalue weighted by molar-refractivity contribution is 7.13. The minimum Gasteiger partial charge on any atom is -0.494 e. The second-order valence-corrected chi connectivity index (χ2v) is 8.16. The van der Waals surface area contributed by atoms with Crippen molar-refractivity contribution in [2.75, 3.05) is 32.8 Å². The summed E-state index contributed by atoms with van der Waals surface area (Å²) in [5, 5.41) is 2.97. The van der Waals surface area contributed by atoms with Crippen molar-refractivity contribution >= 4 is 17.2 Å². The molecule has 3 heterocycles. The van der Waals surface area contributed by atoms with Gasteiger partial charge in [-0.15, -0.1) is 11.3 Å². The molecule has 0 radical (unpaired) electrons. The predicted molar refractivity (Wildman–Crippen MR) is 108 cm³/mol. The minimum absolute atomic E-state index is 0.209. The van der Waals surface area contributed by atoms with Gasteiger partial charge >= 0.3 is 0 Å². The molecular weight excluding hydrogens is 358 g/mol. The lowest BCUT2D eigenvalue weighted by Gasteiger charge is -2.23. The first-order valence-corrected chi connectivity index (χ1v) is 10.8. The normalized spacial score (nSPS) is 20.3. The van der Waals surface area contributed by atoms with Crippen molar-refractivity contribution in [3.05, 3.63) is 35.3 Å². The zero-order valence-electron chi connectivity index (χ0n) is 15.9. The van der Waals surface area contributed by atoms with E-state index < -0.39 is 0 Å². The lowest BCUT2D eigenvalue weighted by atomic mass is 10.2. The van der Waals surface area contributed by atoms with Crippen LogP contribution in [0.25, 0.3) is 10.6 Å². The van der Waals surface area contributed by atoms with Gasteiger partial charge in [0.05, 0.1) is 18.7 Å². The summed E-state index contributed by atoms with van der Waals surface area (Å²) in [6.45, 7) is 6.81. The molecule has 5 nitrogen and oxygen atoms in total. The third kappa shape index (κ3) is 4.33.